The Morgan fingerprint density at radius 2 is 2.21 bits per heavy atom. The Labute approximate surface area is 82.3 Å². The van der Waals surface area contributed by atoms with Crippen LogP contribution in [-0.4, -0.2) is 16.0 Å². The lowest BCUT2D eigenvalue weighted by Crippen LogP contribution is -1.86. The van der Waals surface area contributed by atoms with E-state index in [1.54, 1.807) is 18.2 Å². The molecule has 0 bridgehead atoms. The third-order valence-electron chi connectivity index (χ3n) is 1.78. The highest BCUT2D eigenvalue weighted by Crippen LogP contribution is 2.18. The van der Waals surface area contributed by atoms with Crippen molar-refractivity contribution in [3.63, 3.8) is 0 Å². The molecule has 0 atom stereocenters. The molecule has 3 heteroatoms. The summed E-state index contributed by atoms with van der Waals surface area (Å²) in [6, 6.07) is 4.80. The van der Waals surface area contributed by atoms with Crippen molar-refractivity contribution in [2.75, 3.05) is 0 Å². The van der Waals surface area contributed by atoms with Crippen LogP contribution < -0.4 is 0 Å². The standard InChI is InChI=1S/C11H12O3/c1-8(13)2-3-9-4-5-11(14)10(6-9)7-12/h2-6,12,14H,7H2,1H3/b3-2+. The molecule has 0 saturated heterocycles. The lowest BCUT2D eigenvalue weighted by molar-refractivity contribution is -0.112. The van der Waals surface area contributed by atoms with Gasteiger partial charge in [-0.05, 0) is 30.7 Å². The third-order valence-corrected chi connectivity index (χ3v) is 1.78. The Kier molecular flexibility index (Phi) is 3.42. The van der Waals surface area contributed by atoms with E-state index in [0.29, 0.717) is 5.56 Å². The van der Waals surface area contributed by atoms with Crippen LogP contribution in [0.15, 0.2) is 24.3 Å². The zero-order chi connectivity index (χ0) is 10.6. The van der Waals surface area contributed by atoms with E-state index in [0.717, 1.165) is 5.56 Å². The number of benzene rings is 1. The SMILES string of the molecule is CC(=O)/C=C/c1ccc(O)c(CO)c1. The van der Waals surface area contributed by atoms with Crippen molar-refractivity contribution in [2.45, 2.75) is 13.5 Å². The van der Waals surface area contributed by atoms with Crippen LogP contribution in [0.25, 0.3) is 6.08 Å². The van der Waals surface area contributed by atoms with Gasteiger partial charge in [0.2, 0.25) is 0 Å². The van der Waals surface area contributed by atoms with Crippen molar-refractivity contribution in [1.29, 1.82) is 0 Å². The van der Waals surface area contributed by atoms with Crippen LogP contribution >= 0.6 is 0 Å². The molecule has 0 fully saturated rings. The van der Waals surface area contributed by atoms with Gasteiger partial charge in [-0.3, -0.25) is 4.79 Å². The molecule has 0 spiro atoms. The van der Waals surface area contributed by atoms with Gasteiger partial charge in [-0.1, -0.05) is 12.1 Å². The molecule has 74 valence electrons. The fourth-order valence-corrected chi connectivity index (χ4v) is 1.05. The highest BCUT2D eigenvalue weighted by atomic mass is 16.3. The lowest BCUT2D eigenvalue weighted by Gasteiger charge is -2.01. The summed E-state index contributed by atoms with van der Waals surface area (Å²) in [5.74, 6) is 0.0242. The van der Waals surface area contributed by atoms with Crippen LogP contribution in [0.4, 0.5) is 0 Å². The highest BCUT2D eigenvalue weighted by molar-refractivity contribution is 5.91. The third kappa shape index (κ3) is 2.71. The molecule has 0 aliphatic carbocycles. The molecule has 0 aliphatic rings. The minimum Gasteiger partial charge on any atom is -0.508 e. The smallest absolute Gasteiger partial charge is 0.152 e. The predicted molar refractivity (Wildman–Crippen MR) is 53.7 cm³/mol. The van der Waals surface area contributed by atoms with Gasteiger partial charge in [0, 0.05) is 5.56 Å². The number of allylic oxidation sites excluding steroid dienone is 1. The maximum Gasteiger partial charge on any atom is 0.152 e. The van der Waals surface area contributed by atoms with Gasteiger partial charge in [0.15, 0.2) is 5.78 Å². The fraction of sp³-hybridized carbons (Fsp3) is 0.182. The number of aliphatic hydroxyl groups is 1. The summed E-state index contributed by atoms with van der Waals surface area (Å²) in [5, 5.41) is 18.1. The first-order valence-electron chi connectivity index (χ1n) is 4.25. The summed E-state index contributed by atoms with van der Waals surface area (Å²) < 4.78 is 0. The van der Waals surface area contributed by atoms with Crippen molar-refractivity contribution in [1.82, 2.24) is 0 Å². The number of aliphatic hydroxyl groups excluding tert-OH is 1. The van der Waals surface area contributed by atoms with Gasteiger partial charge in [-0.15, -0.1) is 0 Å². The maximum atomic E-state index is 10.7. The quantitative estimate of drug-likeness (QED) is 0.713. The van der Waals surface area contributed by atoms with Gasteiger partial charge in [0.25, 0.3) is 0 Å². The zero-order valence-corrected chi connectivity index (χ0v) is 7.90. The molecule has 1 aromatic carbocycles. The molecule has 14 heavy (non-hydrogen) atoms. The van der Waals surface area contributed by atoms with Crippen molar-refractivity contribution in [2.24, 2.45) is 0 Å². The number of ketones is 1. The summed E-state index contributed by atoms with van der Waals surface area (Å²) in [4.78, 5) is 10.7. The van der Waals surface area contributed by atoms with Gasteiger partial charge < -0.3 is 10.2 Å². The summed E-state index contributed by atoms with van der Waals surface area (Å²) in [6.07, 6.45) is 3.08. The Bertz CT molecular complexity index is 367. The maximum absolute atomic E-state index is 10.7. The molecule has 3 nitrogen and oxygen atoms in total. The predicted octanol–water partition coefficient (Wildman–Crippen LogP) is 1.49. The first-order chi connectivity index (χ1) is 6.63. The van der Waals surface area contributed by atoms with E-state index >= 15 is 0 Å². The van der Waals surface area contributed by atoms with E-state index in [2.05, 4.69) is 0 Å². The van der Waals surface area contributed by atoms with Crippen molar-refractivity contribution < 1.29 is 15.0 Å². The molecule has 0 aromatic heterocycles. The Balaban J connectivity index is 2.95. The molecule has 1 aromatic rings. The minimum atomic E-state index is -0.215. The molecule has 0 unspecified atom stereocenters. The summed E-state index contributed by atoms with van der Waals surface area (Å²) in [7, 11) is 0. The van der Waals surface area contributed by atoms with E-state index in [1.165, 1.54) is 19.1 Å². The van der Waals surface area contributed by atoms with Crippen LogP contribution in [-0.2, 0) is 11.4 Å². The van der Waals surface area contributed by atoms with Crippen molar-refractivity contribution in [3.8, 4) is 5.75 Å². The average Bonchev–Trinajstić information content (AvgIpc) is 2.16. The molecule has 0 heterocycles. The summed E-state index contributed by atoms with van der Waals surface area (Å²) in [6.45, 7) is 1.25. The number of hydrogen-bond donors (Lipinski definition) is 2. The van der Waals surface area contributed by atoms with E-state index in [-0.39, 0.29) is 18.1 Å². The molecule has 1 rings (SSSR count). The second kappa shape index (κ2) is 4.58. The summed E-state index contributed by atoms with van der Waals surface area (Å²) in [5.41, 5.74) is 1.23. The number of phenols is 1. The minimum absolute atomic E-state index is 0.0383. The number of carbonyl (C=O) groups excluding carboxylic acids is 1. The molecule has 0 aliphatic heterocycles. The Hall–Kier alpha value is -1.61. The lowest BCUT2D eigenvalue weighted by atomic mass is 10.1. The normalized spacial score (nSPS) is 10.7. The van der Waals surface area contributed by atoms with Gasteiger partial charge in [0.05, 0.1) is 6.61 Å². The van der Waals surface area contributed by atoms with Crippen molar-refractivity contribution in [3.05, 3.63) is 35.4 Å². The first-order valence-corrected chi connectivity index (χ1v) is 4.25. The van der Waals surface area contributed by atoms with E-state index < -0.39 is 0 Å². The second-order valence-electron chi connectivity index (χ2n) is 2.99. The topological polar surface area (TPSA) is 57.5 Å². The van der Waals surface area contributed by atoms with E-state index in [9.17, 15) is 9.90 Å². The Morgan fingerprint density at radius 3 is 2.79 bits per heavy atom. The van der Waals surface area contributed by atoms with Crippen LogP contribution in [0.1, 0.15) is 18.1 Å². The van der Waals surface area contributed by atoms with Crippen LogP contribution in [0.5, 0.6) is 5.75 Å². The number of carbonyl (C=O) groups is 1. The molecular weight excluding hydrogens is 180 g/mol. The zero-order valence-electron chi connectivity index (χ0n) is 7.90. The number of hydrogen-bond acceptors (Lipinski definition) is 3. The fourth-order valence-electron chi connectivity index (χ4n) is 1.05. The molecule has 0 amide bonds. The number of rotatable bonds is 3. The summed E-state index contributed by atoms with van der Waals surface area (Å²) >= 11 is 0. The van der Waals surface area contributed by atoms with Gasteiger partial charge in [0.1, 0.15) is 5.75 Å². The molecular formula is C11H12O3. The molecule has 0 saturated carbocycles. The van der Waals surface area contributed by atoms with Crippen molar-refractivity contribution >= 4 is 11.9 Å². The van der Waals surface area contributed by atoms with Crippen LogP contribution in [0.3, 0.4) is 0 Å². The van der Waals surface area contributed by atoms with Gasteiger partial charge in [-0.25, -0.2) is 0 Å². The Morgan fingerprint density at radius 1 is 1.50 bits per heavy atom. The average molecular weight is 192 g/mol. The van der Waals surface area contributed by atoms with Gasteiger partial charge in [-0.2, -0.15) is 0 Å². The van der Waals surface area contributed by atoms with Crippen LogP contribution in [0, 0.1) is 0 Å². The van der Waals surface area contributed by atoms with Gasteiger partial charge >= 0.3 is 0 Å². The first kappa shape index (κ1) is 10.5. The van der Waals surface area contributed by atoms with E-state index in [4.69, 9.17) is 5.11 Å². The molecule has 0 radical (unpaired) electrons. The highest BCUT2D eigenvalue weighted by Gasteiger charge is 1.99. The largest absolute Gasteiger partial charge is 0.508 e. The monoisotopic (exact) mass is 192 g/mol. The molecule has 2 N–H and O–H groups in total. The second-order valence-corrected chi connectivity index (χ2v) is 2.99. The van der Waals surface area contributed by atoms with E-state index in [1.807, 2.05) is 0 Å². The van der Waals surface area contributed by atoms with Crippen LogP contribution in [0.2, 0.25) is 0 Å². The number of aromatic hydroxyl groups is 1.